The van der Waals surface area contributed by atoms with Crippen LogP contribution in [0, 0.1) is 0 Å². The Morgan fingerprint density at radius 2 is 2.38 bits per heavy atom. The molecule has 0 saturated heterocycles. The standard InChI is InChI=1S/C7H12O/c1-3-5-7-8-6-4-2/h3,7H,4,6H2,1-2H3. The van der Waals surface area contributed by atoms with Crippen LogP contribution in [0.4, 0.5) is 0 Å². The number of hydrogen-bond acceptors (Lipinski definition) is 1. The largest absolute Gasteiger partial charge is 0.493 e. The van der Waals surface area contributed by atoms with Crippen LogP contribution in [0.2, 0.25) is 0 Å². The summed E-state index contributed by atoms with van der Waals surface area (Å²) >= 11 is 0. The van der Waals surface area contributed by atoms with Crippen molar-refractivity contribution in [2.24, 2.45) is 0 Å². The second-order valence-corrected chi connectivity index (χ2v) is 1.44. The van der Waals surface area contributed by atoms with Crippen molar-refractivity contribution >= 4 is 0 Å². The van der Waals surface area contributed by atoms with E-state index in [0.717, 1.165) is 13.0 Å². The molecular formula is C7H12O. The Kier molecular flexibility index (Phi) is 5.78. The fourth-order valence-corrected chi connectivity index (χ4v) is 0.293. The zero-order valence-corrected chi connectivity index (χ0v) is 5.48. The first-order chi connectivity index (χ1) is 3.91. The molecule has 0 radical (unpaired) electrons. The molecule has 0 aliphatic carbocycles. The van der Waals surface area contributed by atoms with Crippen LogP contribution in [0.25, 0.3) is 0 Å². The molecule has 1 heteroatoms. The summed E-state index contributed by atoms with van der Waals surface area (Å²) in [5, 5.41) is 0. The highest BCUT2D eigenvalue weighted by Gasteiger charge is 1.70. The highest BCUT2D eigenvalue weighted by molar-refractivity contribution is 4.73. The Labute approximate surface area is 50.7 Å². The van der Waals surface area contributed by atoms with Crippen LogP contribution in [-0.2, 0) is 4.74 Å². The lowest BCUT2D eigenvalue weighted by Crippen LogP contribution is -1.80. The van der Waals surface area contributed by atoms with E-state index in [1.807, 2.05) is 13.0 Å². The third-order valence-electron chi connectivity index (χ3n) is 0.640. The third-order valence-corrected chi connectivity index (χ3v) is 0.640. The van der Waals surface area contributed by atoms with Crippen LogP contribution in [0.15, 0.2) is 18.1 Å². The number of hydrogen-bond donors (Lipinski definition) is 0. The van der Waals surface area contributed by atoms with E-state index in [1.165, 1.54) is 0 Å². The minimum Gasteiger partial charge on any atom is -0.493 e. The van der Waals surface area contributed by atoms with Crippen molar-refractivity contribution in [3.8, 4) is 0 Å². The quantitative estimate of drug-likeness (QED) is 0.308. The Morgan fingerprint density at radius 3 is 2.88 bits per heavy atom. The van der Waals surface area contributed by atoms with Crippen LogP contribution in [0.1, 0.15) is 20.3 Å². The lowest BCUT2D eigenvalue weighted by atomic mass is 10.5. The number of ether oxygens (including phenoxy) is 1. The van der Waals surface area contributed by atoms with Gasteiger partial charge in [0.2, 0.25) is 0 Å². The van der Waals surface area contributed by atoms with Crippen molar-refractivity contribution in [3.63, 3.8) is 0 Å². The molecular weight excluding hydrogens is 100 g/mol. The number of rotatable bonds is 3. The molecule has 0 aliphatic heterocycles. The first kappa shape index (κ1) is 7.32. The summed E-state index contributed by atoms with van der Waals surface area (Å²) in [6, 6.07) is 0. The zero-order chi connectivity index (χ0) is 6.24. The smallest absolute Gasteiger partial charge is 0.125 e. The second-order valence-electron chi connectivity index (χ2n) is 1.44. The molecule has 0 bridgehead atoms. The van der Waals surface area contributed by atoms with Gasteiger partial charge in [-0.25, -0.2) is 0 Å². The van der Waals surface area contributed by atoms with E-state index in [2.05, 4.69) is 12.7 Å². The lowest BCUT2D eigenvalue weighted by Gasteiger charge is -1.90. The lowest BCUT2D eigenvalue weighted by molar-refractivity contribution is 0.250. The van der Waals surface area contributed by atoms with Gasteiger partial charge in [0.15, 0.2) is 0 Å². The van der Waals surface area contributed by atoms with E-state index in [9.17, 15) is 0 Å². The maximum atomic E-state index is 4.96. The van der Waals surface area contributed by atoms with Gasteiger partial charge in [-0.2, -0.15) is 0 Å². The van der Waals surface area contributed by atoms with Crippen molar-refractivity contribution in [2.75, 3.05) is 6.61 Å². The first-order valence-electron chi connectivity index (χ1n) is 2.89. The van der Waals surface area contributed by atoms with Crippen molar-refractivity contribution in [2.45, 2.75) is 20.3 Å². The van der Waals surface area contributed by atoms with Gasteiger partial charge in [-0.15, -0.1) is 0 Å². The topological polar surface area (TPSA) is 9.23 Å². The van der Waals surface area contributed by atoms with Crippen LogP contribution in [-0.4, -0.2) is 6.61 Å². The number of allylic oxidation sites excluding steroid dienone is 1. The van der Waals surface area contributed by atoms with Gasteiger partial charge in [0, 0.05) is 0 Å². The zero-order valence-electron chi connectivity index (χ0n) is 5.48. The van der Waals surface area contributed by atoms with E-state index in [1.54, 1.807) is 6.26 Å². The second kappa shape index (κ2) is 6.32. The molecule has 0 saturated carbocycles. The van der Waals surface area contributed by atoms with Gasteiger partial charge in [-0.3, -0.25) is 0 Å². The molecule has 0 aliphatic rings. The van der Waals surface area contributed by atoms with E-state index in [0.29, 0.717) is 0 Å². The summed E-state index contributed by atoms with van der Waals surface area (Å²) in [5.41, 5.74) is 2.81. The van der Waals surface area contributed by atoms with Crippen molar-refractivity contribution in [1.82, 2.24) is 0 Å². The predicted molar refractivity (Wildman–Crippen MR) is 34.6 cm³/mol. The van der Waals surface area contributed by atoms with E-state index >= 15 is 0 Å². The molecule has 0 aromatic carbocycles. The summed E-state index contributed by atoms with van der Waals surface area (Å²) in [7, 11) is 0. The van der Waals surface area contributed by atoms with Gasteiger partial charge < -0.3 is 4.74 Å². The van der Waals surface area contributed by atoms with Crippen LogP contribution in [0.5, 0.6) is 0 Å². The summed E-state index contributed by atoms with van der Waals surface area (Å²) in [6.07, 6.45) is 4.46. The monoisotopic (exact) mass is 112 g/mol. The van der Waals surface area contributed by atoms with Crippen molar-refractivity contribution in [3.05, 3.63) is 18.1 Å². The summed E-state index contributed by atoms with van der Waals surface area (Å²) in [6.45, 7) is 4.77. The third kappa shape index (κ3) is 5.32. The Bertz CT molecular complexity index is 88.6. The van der Waals surface area contributed by atoms with Crippen LogP contribution >= 0.6 is 0 Å². The maximum Gasteiger partial charge on any atom is 0.125 e. The normalized spacial score (nSPS) is 7.25. The molecule has 0 heterocycles. The van der Waals surface area contributed by atoms with Gasteiger partial charge in [0.05, 0.1) is 6.61 Å². The van der Waals surface area contributed by atoms with Crippen LogP contribution < -0.4 is 0 Å². The molecule has 0 atom stereocenters. The highest BCUT2D eigenvalue weighted by atomic mass is 16.5. The summed E-state index contributed by atoms with van der Waals surface area (Å²) in [4.78, 5) is 0. The first-order valence-corrected chi connectivity index (χ1v) is 2.89. The Morgan fingerprint density at radius 1 is 1.62 bits per heavy atom. The van der Waals surface area contributed by atoms with Gasteiger partial charge in [-0.05, 0) is 19.4 Å². The molecule has 0 spiro atoms. The molecule has 0 rings (SSSR count). The highest BCUT2D eigenvalue weighted by Crippen LogP contribution is 1.78. The van der Waals surface area contributed by atoms with E-state index in [4.69, 9.17) is 4.74 Å². The maximum absolute atomic E-state index is 4.96. The Balaban J connectivity index is 3.04. The summed E-state index contributed by atoms with van der Waals surface area (Å²) < 4.78 is 4.96. The van der Waals surface area contributed by atoms with Crippen LogP contribution in [0.3, 0.4) is 0 Å². The minimum atomic E-state index is 0.792. The minimum absolute atomic E-state index is 0.792. The van der Waals surface area contributed by atoms with E-state index in [-0.39, 0.29) is 0 Å². The molecule has 1 nitrogen and oxygen atoms in total. The molecule has 0 unspecified atom stereocenters. The molecule has 0 N–H and O–H groups in total. The SMILES string of the molecule is CC=C=COCCC. The van der Waals surface area contributed by atoms with Gasteiger partial charge in [0.1, 0.15) is 6.26 Å². The fourth-order valence-electron chi connectivity index (χ4n) is 0.293. The fraction of sp³-hybridized carbons (Fsp3) is 0.571. The summed E-state index contributed by atoms with van der Waals surface area (Å²) in [5.74, 6) is 0. The van der Waals surface area contributed by atoms with Crippen molar-refractivity contribution in [1.29, 1.82) is 0 Å². The molecule has 0 amide bonds. The average Bonchev–Trinajstić information content (AvgIpc) is 1.81. The molecule has 46 valence electrons. The molecule has 0 aromatic heterocycles. The Hall–Kier alpha value is -0.680. The van der Waals surface area contributed by atoms with Gasteiger partial charge >= 0.3 is 0 Å². The van der Waals surface area contributed by atoms with Gasteiger partial charge in [0.25, 0.3) is 0 Å². The predicted octanol–water partition coefficient (Wildman–Crippen LogP) is 2.10. The van der Waals surface area contributed by atoms with E-state index < -0.39 is 0 Å². The molecule has 0 fully saturated rings. The molecule has 8 heavy (non-hydrogen) atoms. The molecule has 0 aromatic rings. The van der Waals surface area contributed by atoms with Crippen molar-refractivity contribution < 1.29 is 4.74 Å². The average molecular weight is 112 g/mol. The van der Waals surface area contributed by atoms with Gasteiger partial charge in [-0.1, -0.05) is 12.7 Å².